The summed E-state index contributed by atoms with van der Waals surface area (Å²) in [7, 11) is 0. The fourth-order valence-corrected chi connectivity index (χ4v) is 7.66. The van der Waals surface area contributed by atoms with Crippen molar-refractivity contribution in [3.05, 3.63) is 140 Å². The van der Waals surface area contributed by atoms with Crippen LogP contribution in [0.3, 0.4) is 0 Å². The van der Waals surface area contributed by atoms with Crippen LogP contribution in [0, 0.1) is 0 Å². The van der Waals surface area contributed by atoms with Gasteiger partial charge in [0.05, 0.1) is 0 Å². The van der Waals surface area contributed by atoms with E-state index in [1.54, 1.807) is 0 Å². The molecule has 0 saturated carbocycles. The third-order valence-electron chi connectivity index (χ3n) is 9.67. The molecule has 0 aliphatic heterocycles. The highest BCUT2D eigenvalue weighted by Crippen LogP contribution is 2.54. The van der Waals surface area contributed by atoms with Crippen molar-refractivity contribution in [2.24, 2.45) is 0 Å². The Kier molecular flexibility index (Phi) is 5.05. The molecule has 0 bridgehead atoms. The van der Waals surface area contributed by atoms with Crippen LogP contribution in [0.5, 0.6) is 0 Å². The fourth-order valence-electron chi connectivity index (χ4n) is 7.66. The van der Waals surface area contributed by atoms with Gasteiger partial charge in [0.2, 0.25) is 0 Å². The van der Waals surface area contributed by atoms with Crippen LogP contribution in [0.1, 0.15) is 0 Å². The standard InChI is InChI=1S/C43H23N3O2/c1-2-11-25(12-3-1)41-44-42(30-19-10-22-34-37(30)27-15-4-6-20-32(27)47-34)46-43(45-41)40-38-29-18-9-14-24-13-8-17-26(36(24)29)31(38)23-35-39(40)28-16-5-7-21-33(28)48-35/h1-23H. The molecule has 5 heteroatoms. The minimum atomic E-state index is 0.586. The van der Waals surface area contributed by atoms with Gasteiger partial charge in [0.1, 0.15) is 22.3 Å². The first-order valence-corrected chi connectivity index (χ1v) is 16.0. The number of para-hydroxylation sites is 2. The number of aromatic nitrogens is 3. The third-order valence-corrected chi connectivity index (χ3v) is 9.67. The van der Waals surface area contributed by atoms with Crippen molar-refractivity contribution in [1.29, 1.82) is 0 Å². The molecular weight excluding hydrogens is 590 g/mol. The zero-order chi connectivity index (χ0) is 31.3. The molecule has 0 radical (unpaired) electrons. The second-order valence-corrected chi connectivity index (χ2v) is 12.3. The third kappa shape index (κ3) is 3.47. The topological polar surface area (TPSA) is 65.0 Å². The molecule has 0 amide bonds. The van der Waals surface area contributed by atoms with E-state index in [0.717, 1.165) is 71.7 Å². The molecule has 0 spiro atoms. The first kappa shape index (κ1) is 25.6. The predicted molar refractivity (Wildman–Crippen MR) is 193 cm³/mol. The minimum Gasteiger partial charge on any atom is -0.456 e. The van der Waals surface area contributed by atoms with Crippen LogP contribution in [0.15, 0.2) is 148 Å². The first-order chi connectivity index (χ1) is 23.8. The number of nitrogens with zero attached hydrogens (tertiary/aromatic N) is 3. The average Bonchev–Trinajstić information content (AvgIpc) is 3.82. The van der Waals surface area contributed by atoms with Gasteiger partial charge in [0.25, 0.3) is 0 Å². The molecule has 1 aliphatic carbocycles. The van der Waals surface area contributed by atoms with E-state index in [1.165, 1.54) is 21.9 Å². The molecule has 48 heavy (non-hydrogen) atoms. The van der Waals surface area contributed by atoms with E-state index >= 15 is 0 Å². The maximum Gasteiger partial charge on any atom is 0.165 e. The summed E-state index contributed by atoms with van der Waals surface area (Å²) < 4.78 is 12.9. The van der Waals surface area contributed by atoms with Crippen molar-refractivity contribution in [3.63, 3.8) is 0 Å². The molecule has 11 rings (SSSR count). The van der Waals surface area contributed by atoms with Crippen LogP contribution in [-0.2, 0) is 0 Å². The number of hydrogen-bond donors (Lipinski definition) is 0. The minimum absolute atomic E-state index is 0.586. The molecular formula is C43H23N3O2. The van der Waals surface area contributed by atoms with Crippen LogP contribution in [0.4, 0.5) is 0 Å². The Bertz CT molecular complexity index is 2950. The molecule has 0 atom stereocenters. The van der Waals surface area contributed by atoms with Crippen molar-refractivity contribution in [1.82, 2.24) is 15.0 Å². The lowest BCUT2D eigenvalue weighted by Crippen LogP contribution is -2.02. The second-order valence-electron chi connectivity index (χ2n) is 12.3. The summed E-state index contributed by atoms with van der Waals surface area (Å²) in [6.07, 6.45) is 0. The Morgan fingerprint density at radius 1 is 0.354 bits per heavy atom. The Balaban J connectivity index is 1.31. The van der Waals surface area contributed by atoms with Crippen LogP contribution < -0.4 is 0 Å². The van der Waals surface area contributed by atoms with E-state index in [2.05, 4.69) is 66.7 Å². The zero-order valence-electron chi connectivity index (χ0n) is 25.4. The molecule has 3 aromatic heterocycles. The Morgan fingerprint density at radius 2 is 0.958 bits per heavy atom. The summed E-state index contributed by atoms with van der Waals surface area (Å²) in [5.41, 5.74) is 10.6. The number of benzene rings is 7. The highest BCUT2D eigenvalue weighted by molar-refractivity contribution is 6.25. The van der Waals surface area contributed by atoms with E-state index in [-0.39, 0.29) is 0 Å². The van der Waals surface area contributed by atoms with Gasteiger partial charge in [-0.05, 0) is 51.7 Å². The van der Waals surface area contributed by atoms with E-state index in [1.807, 2.05) is 72.8 Å². The average molecular weight is 614 g/mol. The lowest BCUT2D eigenvalue weighted by molar-refractivity contribution is 0.668. The molecule has 1 aliphatic rings. The summed E-state index contributed by atoms with van der Waals surface area (Å²) in [5.74, 6) is 1.79. The molecule has 0 saturated heterocycles. The van der Waals surface area contributed by atoms with Gasteiger partial charge in [-0.2, -0.15) is 0 Å². The largest absolute Gasteiger partial charge is 0.456 e. The van der Waals surface area contributed by atoms with Gasteiger partial charge in [-0.3, -0.25) is 0 Å². The normalized spacial score (nSPS) is 12.2. The van der Waals surface area contributed by atoms with Crippen molar-refractivity contribution in [3.8, 4) is 56.4 Å². The monoisotopic (exact) mass is 613 g/mol. The van der Waals surface area contributed by atoms with Gasteiger partial charge < -0.3 is 8.83 Å². The van der Waals surface area contributed by atoms with Gasteiger partial charge in [0.15, 0.2) is 17.5 Å². The smallest absolute Gasteiger partial charge is 0.165 e. The van der Waals surface area contributed by atoms with Gasteiger partial charge >= 0.3 is 0 Å². The molecule has 10 aromatic rings. The van der Waals surface area contributed by atoms with Crippen molar-refractivity contribution in [2.45, 2.75) is 0 Å². The molecule has 5 nitrogen and oxygen atoms in total. The number of fused-ring (bicyclic) bond motifs is 9. The maximum absolute atomic E-state index is 6.58. The summed E-state index contributed by atoms with van der Waals surface area (Å²) in [5, 5.41) is 6.47. The molecule has 7 aromatic carbocycles. The summed E-state index contributed by atoms with van der Waals surface area (Å²) in [4.78, 5) is 15.8. The highest BCUT2D eigenvalue weighted by Gasteiger charge is 2.30. The predicted octanol–water partition coefficient (Wildman–Crippen LogP) is 11.5. The summed E-state index contributed by atoms with van der Waals surface area (Å²) in [6.45, 7) is 0. The number of rotatable bonds is 3. The van der Waals surface area contributed by atoms with E-state index < -0.39 is 0 Å². The van der Waals surface area contributed by atoms with Crippen molar-refractivity contribution >= 4 is 54.6 Å². The van der Waals surface area contributed by atoms with E-state index in [0.29, 0.717) is 17.5 Å². The van der Waals surface area contributed by atoms with Crippen LogP contribution in [0.25, 0.3) is 111 Å². The lowest BCUT2D eigenvalue weighted by Gasteiger charge is -2.14. The number of hydrogen-bond acceptors (Lipinski definition) is 5. The van der Waals surface area contributed by atoms with Crippen LogP contribution in [0.2, 0.25) is 0 Å². The van der Waals surface area contributed by atoms with E-state index in [9.17, 15) is 0 Å². The molecule has 0 N–H and O–H groups in total. The molecule has 0 fully saturated rings. The Morgan fingerprint density at radius 3 is 1.77 bits per heavy atom. The highest BCUT2D eigenvalue weighted by atomic mass is 16.3. The zero-order valence-corrected chi connectivity index (χ0v) is 25.4. The maximum atomic E-state index is 6.58. The van der Waals surface area contributed by atoms with Gasteiger partial charge in [-0.25, -0.2) is 15.0 Å². The SMILES string of the molecule is c1ccc(-c2nc(-c3cccc4oc5ccccc5c34)nc(-c3c4c(cc5oc6ccccc6c35)-c3cccc5cccc-4c35)n2)cc1. The molecule has 222 valence electrons. The Hall–Kier alpha value is -6.59. The lowest BCUT2D eigenvalue weighted by atomic mass is 9.93. The van der Waals surface area contributed by atoms with Crippen LogP contribution >= 0.6 is 0 Å². The van der Waals surface area contributed by atoms with Crippen molar-refractivity contribution < 1.29 is 8.83 Å². The summed E-state index contributed by atoms with van der Waals surface area (Å²) >= 11 is 0. The van der Waals surface area contributed by atoms with E-state index in [4.69, 9.17) is 23.8 Å². The second kappa shape index (κ2) is 9.47. The first-order valence-electron chi connectivity index (χ1n) is 16.0. The molecule has 3 heterocycles. The van der Waals surface area contributed by atoms with Crippen LogP contribution in [-0.4, -0.2) is 15.0 Å². The van der Waals surface area contributed by atoms with Gasteiger partial charge in [-0.1, -0.05) is 115 Å². The fraction of sp³-hybridized carbons (Fsp3) is 0. The number of furan rings is 2. The quantitative estimate of drug-likeness (QED) is 0.198. The molecule has 0 unspecified atom stereocenters. The van der Waals surface area contributed by atoms with Gasteiger partial charge in [-0.15, -0.1) is 0 Å². The Labute approximate surface area is 273 Å². The van der Waals surface area contributed by atoms with Gasteiger partial charge in [0, 0.05) is 43.8 Å². The summed E-state index contributed by atoms with van der Waals surface area (Å²) in [6, 6.07) is 47.8. The van der Waals surface area contributed by atoms with Crippen molar-refractivity contribution in [2.75, 3.05) is 0 Å².